The summed E-state index contributed by atoms with van der Waals surface area (Å²) in [7, 11) is -2.78. The van der Waals surface area contributed by atoms with E-state index in [0.717, 1.165) is 61.4 Å². The molecular formula is C45H47BF2N2. The highest BCUT2D eigenvalue weighted by Crippen LogP contribution is 2.41. The first-order valence-corrected chi connectivity index (χ1v) is 17.4. The van der Waals surface area contributed by atoms with Gasteiger partial charge in [0.05, 0.1) is 11.4 Å². The number of allylic oxidation sites excluding steroid dienone is 2. The molecule has 0 N–H and O–H groups in total. The third kappa shape index (κ3) is 6.96. The van der Waals surface area contributed by atoms with Crippen molar-refractivity contribution in [2.45, 2.75) is 80.1 Å². The number of hydrogen-bond donors (Lipinski definition) is 0. The summed E-state index contributed by atoms with van der Waals surface area (Å²) in [6, 6.07) is 31.1. The van der Waals surface area contributed by atoms with Gasteiger partial charge in [0.25, 0.3) is 0 Å². The monoisotopic (exact) mass is 664 g/mol. The van der Waals surface area contributed by atoms with Crippen LogP contribution in [0.15, 0.2) is 108 Å². The zero-order valence-corrected chi connectivity index (χ0v) is 31.0. The van der Waals surface area contributed by atoms with Crippen molar-refractivity contribution in [2.24, 2.45) is 4.99 Å². The molecule has 5 heteroatoms. The summed E-state index contributed by atoms with van der Waals surface area (Å²) in [5, 5.41) is 0. The van der Waals surface area contributed by atoms with Crippen LogP contribution in [0.1, 0.15) is 91.7 Å². The van der Waals surface area contributed by atoms with Crippen molar-refractivity contribution < 1.29 is 8.63 Å². The van der Waals surface area contributed by atoms with Gasteiger partial charge in [0, 0.05) is 28.1 Å². The largest absolute Gasteiger partial charge is 0.678 e. The van der Waals surface area contributed by atoms with Gasteiger partial charge in [-0.25, -0.2) is 4.99 Å². The van der Waals surface area contributed by atoms with Crippen molar-refractivity contribution in [1.82, 2.24) is 4.48 Å². The van der Waals surface area contributed by atoms with Crippen LogP contribution in [0.3, 0.4) is 0 Å². The van der Waals surface area contributed by atoms with E-state index in [2.05, 4.69) is 117 Å². The van der Waals surface area contributed by atoms with Gasteiger partial charge < -0.3 is 4.48 Å². The normalized spacial score (nSPS) is 14.3. The highest BCUT2D eigenvalue weighted by molar-refractivity contribution is 6.42. The van der Waals surface area contributed by atoms with Crippen molar-refractivity contribution in [3.63, 3.8) is 0 Å². The van der Waals surface area contributed by atoms with Gasteiger partial charge in [-0.3, -0.25) is 8.63 Å². The Labute approximate surface area is 297 Å². The molecule has 1 aliphatic rings. The Bertz CT molecular complexity index is 2160. The molecule has 0 saturated carbocycles. The number of hydrogen-bond acceptors (Lipinski definition) is 1. The molecule has 50 heavy (non-hydrogen) atoms. The Balaban J connectivity index is 1.61. The summed E-state index contributed by atoms with van der Waals surface area (Å²) in [6.45, 7) is 21.3. The molecule has 5 aromatic rings. The predicted molar refractivity (Wildman–Crippen MR) is 210 cm³/mol. The topological polar surface area (TPSA) is 17.3 Å². The summed E-state index contributed by atoms with van der Waals surface area (Å²) in [5.41, 5.74) is 14.5. The number of aliphatic imine (C=N–C) groups is 1. The molecule has 0 bridgehead atoms. The minimum atomic E-state index is -2.78. The summed E-state index contributed by atoms with van der Waals surface area (Å²) < 4.78 is 32.2. The van der Waals surface area contributed by atoms with Crippen molar-refractivity contribution in [3.05, 3.63) is 153 Å². The van der Waals surface area contributed by atoms with Gasteiger partial charge in [-0.05, 0) is 95.7 Å². The van der Waals surface area contributed by atoms with Crippen LogP contribution in [0.2, 0.25) is 0 Å². The Morgan fingerprint density at radius 1 is 0.600 bits per heavy atom. The van der Waals surface area contributed by atoms with E-state index in [0.29, 0.717) is 17.1 Å². The second-order valence-electron chi connectivity index (χ2n) is 15.9. The maximum Gasteiger partial charge on any atom is 0.678 e. The van der Waals surface area contributed by atoms with Gasteiger partial charge in [0.2, 0.25) is 0 Å². The average Bonchev–Trinajstić information content (AvgIpc) is 3.62. The molecule has 0 fully saturated rings. The van der Waals surface area contributed by atoms with Gasteiger partial charge >= 0.3 is 7.40 Å². The van der Waals surface area contributed by atoms with Crippen LogP contribution in [0, 0.1) is 27.7 Å². The molecule has 0 unspecified atom stereocenters. The number of aromatic nitrogens is 1. The molecule has 0 atom stereocenters. The third-order valence-electron chi connectivity index (χ3n) is 9.78. The average molecular weight is 665 g/mol. The first kappa shape index (κ1) is 35.1. The molecule has 254 valence electrons. The molecule has 1 aromatic heterocycles. The first-order valence-electron chi connectivity index (χ1n) is 17.4. The lowest BCUT2D eigenvalue weighted by molar-refractivity contribution is 0.590. The highest BCUT2D eigenvalue weighted by atomic mass is 19.2. The number of benzene rings is 4. The first-order chi connectivity index (χ1) is 23.5. The smallest absolute Gasteiger partial charge is 0.325 e. The number of halogens is 2. The Kier molecular flexibility index (Phi) is 9.24. The molecule has 0 radical (unpaired) electrons. The van der Waals surface area contributed by atoms with Gasteiger partial charge in [-0.15, -0.1) is 0 Å². The van der Waals surface area contributed by atoms with Gasteiger partial charge in [-0.1, -0.05) is 138 Å². The van der Waals surface area contributed by atoms with Crippen LogP contribution < -0.4 is 0 Å². The number of aryl methyl sites for hydroxylation is 4. The van der Waals surface area contributed by atoms with E-state index in [4.69, 9.17) is 4.99 Å². The summed E-state index contributed by atoms with van der Waals surface area (Å²) in [6.07, 6.45) is 3.98. The summed E-state index contributed by atoms with van der Waals surface area (Å²) in [4.78, 5) is 5.19. The lowest BCUT2D eigenvalue weighted by atomic mass is 9.86. The lowest BCUT2D eigenvalue weighted by Gasteiger charge is -2.19. The van der Waals surface area contributed by atoms with Crippen LogP contribution in [-0.2, 0) is 10.8 Å². The van der Waals surface area contributed by atoms with Crippen molar-refractivity contribution in [3.8, 4) is 22.4 Å². The summed E-state index contributed by atoms with van der Waals surface area (Å²) in [5.74, 6) is 0. The van der Waals surface area contributed by atoms with Crippen molar-refractivity contribution >= 4 is 24.8 Å². The van der Waals surface area contributed by atoms with Crippen LogP contribution >= 0.6 is 0 Å². The van der Waals surface area contributed by atoms with Crippen LogP contribution in [0.4, 0.5) is 8.63 Å². The van der Waals surface area contributed by atoms with E-state index in [1.165, 1.54) is 15.6 Å². The molecule has 6 rings (SSSR count). The van der Waals surface area contributed by atoms with E-state index in [9.17, 15) is 0 Å². The van der Waals surface area contributed by atoms with Crippen molar-refractivity contribution in [2.75, 3.05) is 0 Å². The second kappa shape index (κ2) is 13.2. The molecule has 2 heterocycles. The Morgan fingerprint density at radius 2 is 1.10 bits per heavy atom. The van der Waals surface area contributed by atoms with E-state index in [1.807, 2.05) is 55.5 Å². The molecule has 0 amide bonds. The fourth-order valence-electron chi connectivity index (χ4n) is 6.89. The molecule has 0 saturated heterocycles. The van der Waals surface area contributed by atoms with Crippen molar-refractivity contribution in [1.29, 1.82) is 0 Å². The Morgan fingerprint density at radius 3 is 1.58 bits per heavy atom. The lowest BCUT2D eigenvalue weighted by Crippen LogP contribution is -2.16. The van der Waals surface area contributed by atoms with E-state index in [-0.39, 0.29) is 10.8 Å². The molecule has 4 aromatic carbocycles. The molecule has 2 nitrogen and oxygen atoms in total. The van der Waals surface area contributed by atoms with E-state index >= 15 is 8.63 Å². The van der Waals surface area contributed by atoms with Crippen LogP contribution in [0.25, 0.3) is 34.0 Å². The van der Waals surface area contributed by atoms with Crippen LogP contribution in [-0.4, -0.2) is 17.6 Å². The zero-order chi connectivity index (χ0) is 36.1. The van der Waals surface area contributed by atoms with Crippen LogP contribution in [0.5, 0.6) is 0 Å². The maximum absolute atomic E-state index is 15.5. The van der Waals surface area contributed by atoms with E-state index in [1.54, 1.807) is 0 Å². The zero-order valence-electron chi connectivity index (χ0n) is 31.0. The minimum absolute atomic E-state index is 0.0249. The highest BCUT2D eigenvalue weighted by Gasteiger charge is 2.30. The molecule has 0 aliphatic carbocycles. The van der Waals surface area contributed by atoms with Gasteiger partial charge in [0.15, 0.2) is 0 Å². The summed E-state index contributed by atoms with van der Waals surface area (Å²) >= 11 is 0. The Hall–Kier alpha value is -4.77. The fraction of sp³-hybridized carbons (Fsp3) is 0.267. The predicted octanol–water partition coefficient (Wildman–Crippen LogP) is 12.4. The standard InChI is InChI=1S/C45H47BF2N2/c1-28-11-21-36(30(3)23-28)38-25-40(32-13-17-34(18-14-32)44(5,6)7)49-41(38)27-43-39(37-22-12-29(2)24-31(37)4)26-42(50(43)46(47)48)33-15-19-35(20-16-33)45(8,9)10/h11-27H,1-10H3/b41-27-. The SMILES string of the molecule is Cc1ccc(C2=CC(c3ccc(C(C)(C)C)cc3)=N/C2=C\c2c(-c3ccc(C)cc3C)cc(-c3ccc(C(C)(C)C)cc3)n2B(F)F)c(C)c1. The quantitative estimate of drug-likeness (QED) is 0.161. The molecule has 1 aliphatic heterocycles. The number of rotatable bonds is 6. The molecule has 0 spiro atoms. The third-order valence-corrected chi connectivity index (χ3v) is 9.78. The maximum atomic E-state index is 15.5. The van der Waals surface area contributed by atoms with E-state index < -0.39 is 7.40 Å². The molecular weight excluding hydrogens is 617 g/mol. The van der Waals surface area contributed by atoms with Gasteiger partial charge in [0.1, 0.15) is 0 Å². The fourth-order valence-corrected chi connectivity index (χ4v) is 6.89. The number of nitrogens with zero attached hydrogens (tertiary/aromatic N) is 2. The minimum Gasteiger partial charge on any atom is -0.325 e. The second-order valence-corrected chi connectivity index (χ2v) is 15.9. The van der Waals surface area contributed by atoms with Gasteiger partial charge in [-0.2, -0.15) is 0 Å².